The van der Waals surface area contributed by atoms with Crippen LogP contribution in [-0.4, -0.2) is 29.3 Å². The van der Waals surface area contributed by atoms with Gasteiger partial charge >= 0.3 is 0 Å². The molecule has 0 spiro atoms. The molecular formula is C18H27ClN2O2. The Morgan fingerprint density at radius 3 is 2.39 bits per heavy atom. The van der Waals surface area contributed by atoms with Crippen LogP contribution in [0.1, 0.15) is 52.0 Å². The molecule has 1 atom stereocenters. The molecule has 0 saturated heterocycles. The number of rotatable bonds is 9. The highest BCUT2D eigenvalue weighted by molar-refractivity contribution is 6.30. The fraction of sp³-hybridized carbons (Fsp3) is 0.556. The number of halogens is 1. The lowest BCUT2D eigenvalue weighted by Crippen LogP contribution is -2.47. The number of amides is 2. The lowest BCUT2D eigenvalue weighted by Gasteiger charge is -2.28. The fourth-order valence-electron chi connectivity index (χ4n) is 2.31. The number of carbonyl (C=O) groups excluding carboxylic acids is 2. The van der Waals surface area contributed by atoms with Crippen LogP contribution in [-0.2, 0) is 16.1 Å². The first-order chi connectivity index (χ1) is 11.0. The fourth-order valence-corrected chi connectivity index (χ4v) is 2.43. The van der Waals surface area contributed by atoms with E-state index in [1.165, 1.54) is 0 Å². The Kier molecular flexibility index (Phi) is 8.70. The van der Waals surface area contributed by atoms with E-state index < -0.39 is 6.04 Å². The molecule has 1 rings (SSSR count). The van der Waals surface area contributed by atoms with Crippen LogP contribution in [0.5, 0.6) is 0 Å². The maximum atomic E-state index is 12.3. The van der Waals surface area contributed by atoms with Crippen LogP contribution in [0, 0.1) is 0 Å². The average Bonchev–Trinajstić information content (AvgIpc) is 2.56. The summed E-state index contributed by atoms with van der Waals surface area (Å²) >= 11 is 5.89. The van der Waals surface area contributed by atoms with Gasteiger partial charge in [0.1, 0.15) is 6.04 Å². The summed E-state index contributed by atoms with van der Waals surface area (Å²) in [7, 11) is 0. The minimum Gasteiger partial charge on any atom is -0.354 e. The largest absolute Gasteiger partial charge is 0.354 e. The molecule has 2 amide bonds. The van der Waals surface area contributed by atoms with Gasteiger partial charge < -0.3 is 10.2 Å². The Balaban J connectivity index is 2.70. The second-order valence-corrected chi connectivity index (χ2v) is 6.11. The first-order valence-corrected chi connectivity index (χ1v) is 8.69. The smallest absolute Gasteiger partial charge is 0.242 e. The van der Waals surface area contributed by atoms with E-state index >= 15 is 0 Å². The zero-order valence-electron chi connectivity index (χ0n) is 14.3. The molecule has 0 heterocycles. The van der Waals surface area contributed by atoms with Crippen LogP contribution in [0.2, 0.25) is 5.02 Å². The molecule has 0 aliphatic carbocycles. The molecule has 1 aromatic rings. The number of benzene rings is 1. The lowest BCUT2D eigenvalue weighted by atomic mass is 10.1. The Labute approximate surface area is 144 Å². The summed E-state index contributed by atoms with van der Waals surface area (Å²) in [6, 6.07) is 6.86. The van der Waals surface area contributed by atoms with Gasteiger partial charge in [0, 0.05) is 24.5 Å². The van der Waals surface area contributed by atoms with Gasteiger partial charge in [0.25, 0.3) is 0 Å². The van der Waals surface area contributed by atoms with Crippen molar-refractivity contribution in [3.8, 4) is 0 Å². The minimum absolute atomic E-state index is 0.0313. The third-order valence-electron chi connectivity index (χ3n) is 3.82. The van der Waals surface area contributed by atoms with Crippen LogP contribution in [0.15, 0.2) is 24.3 Å². The second-order valence-electron chi connectivity index (χ2n) is 5.68. The minimum atomic E-state index is -0.486. The van der Waals surface area contributed by atoms with Gasteiger partial charge in [-0.1, -0.05) is 50.4 Å². The molecule has 0 saturated carbocycles. The number of nitrogens with zero attached hydrogens (tertiary/aromatic N) is 1. The number of hydrogen-bond donors (Lipinski definition) is 1. The van der Waals surface area contributed by atoms with Gasteiger partial charge in [0.15, 0.2) is 0 Å². The van der Waals surface area contributed by atoms with E-state index in [4.69, 9.17) is 11.6 Å². The van der Waals surface area contributed by atoms with E-state index in [-0.39, 0.29) is 11.8 Å². The van der Waals surface area contributed by atoms with Gasteiger partial charge in [-0.15, -0.1) is 0 Å². The normalized spacial score (nSPS) is 11.8. The summed E-state index contributed by atoms with van der Waals surface area (Å²) < 4.78 is 0. The van der Waals surface area contributed by atoms with E-state index in [1.807, 2.05) is 19.1 Å². The summed E-state index contributed by atoms with van der Waals surface area (Å²) in [5.74, 6) is -0.131. The number of carbonyl (C=O) groups is 2. The molecule has 0 radical (unpaired) electrons. The van der Waals surface area contributed by atoms with Crippen molar-refractivity contribution < 1.29 is 9.59 Å². The first kappa shape index (κ1) is 19.5. The zero-order chi connectivity index (χ0) is 17.2. The topological polar surface area (TPSA) is 49.4 Å². The molecule has 1 N–H and O–H groups in total. The molecule has 0 bridgehead atoms. The summed E-state index contributed by atoms with van der Waals surface area (Å²) in [5, 5.41) is 3.57. The Morgan fingerprint density at radius 2 is 1.83 bits per heavy atom. The molecule has 0 aromatic heterocycles. The third-order valence-corrected chi connectivity index (χ3v) is 4.07. The van der Waals surface area contributed by atoms with Gasteiger partial charge in [-0.2, -0.15) is 0 Å². The van der Waals surface area contributed by atoms with Crippen molar-refractivity contribution in [3.63, 3.8) is 0 Å². The van der Waals surface area contributed by atoms with Crippen LogP contribution in [0.4, 0.5) is 0 Å². The van der Waals surface area contributed by atoms with Crippen molar-refractivity contribution in [2.75, 3.05) is 6.54 Å². The van der Waals surface area contributed by atoms with Crippen LogP contribution in [0.25, 0.3) is 0 Å². The lowest BCUT2D eigenvalue weighted by molar-refractivity contribution is -0.140. The van der Waals surface area contributed by atoms with E-state index in [0.29, 0.717) is 24.5 Å². The summed E-state index contributed by atoms with van der Waals surface area (Å²) in [6.07, 6.45) is 3.55. The van der Waals surface area contributed by atoms with Crippen molar-refractivity contribution >= 4 is 23.4 Å². The molecule has 0 aliphatic rings. The van der Waals surface area contributed by atoms with E-state index in [9.17, 15) is 9.59 Å². The van der Waals surface area contributed by atoms with Crippen molar-refractivity contribution in [1.29, 1.82) is 0 Å². The van der Waals surface area contributed by atoms with Gasteiger partial charge in [-0.25, -0.2) is 0 Å². The van der Waals surface area contributed by atoms with Crippen molar-refractivity contribution in [3.05, 3.63) is 34.9 Å². The van der Waals surface area contributed by atoms with Crippen molar-refractivity contribution in [1.82, 2.24) is 10.2 Å². The summed E-state index contributed by atoms with van der Waals surface area (Å²) in [6.45, 7) is 6.78. The molecule has 0 fully saturated rings. The standard InChI is InChI=1S/C18H27ClN2O2/c1-4-6-7-12-20-18(23)14(3)21(17(22)5-2)13-15-8-10-16(19)11-9-15/h8-11,14H,4-7,12-13H2,1-3H3,(H,20,23)/t14-/m1/s1. The molecule has 1 aromatic carbocycles. The first-order valence-electron chi connectivity index (χ1n) is 8.31. The molecule has 23 heavy (non-hydrogen) atoms. The van der Waals surface area contributed by atoms with Gasteiger partial charge in [0.05, 0.1) is 0 Å². The third kappa shape index (κ3) is 6.61. The van der Waals surface area contributed by atoms with Crippen molar-refractivity contribution in [2.45, 2.75) is 59.0 Å². The number of nitrogens with one attached hydrogen (secondary N) is 1. The predicted octanol–water partition coefficient (Wildman–Crippen LogP) is 3.77. The van der Waals surface area contributed by atoms with Gasteiger partial charge in [-0.05, 0) is 31.0 Å². The maximum Gasteiger partial charge on any atom is 0.242 e. The average molecular weight is 339 g/mol. The maximum absolute atomic E-state index is 12.3. The van der Waals surface area contributed by atoms with Crippen LogP contribution < -0.4 is 5.32 Å². The number of unbranched alkanes of at least 4 members (excludes halogenated alkanes) is 2. The highest BCUT2D eigenvalue weighted by atomic mass is 35.5. The molecule has 4 nitrogen and oxygen atoms in total. The molecule has 0 unspecified atom stereocenters. The zero-order valence-corrected chi connectivity index (χ0v) is 15.0. The Bertz CT molecular complexity index is 502. The van der Waals surface area contributed by atoms with E-state index in [1.54, 1.807) is 24.0 Å². The van der Waals surface area contributed by atoms with E-state index in [2.05, 4.69) is 12.2 Å². The SMILES string of the molecule is CCCCCNC(=O)[C@@H](C)N(Cc1ccc(Cl)cc1)C(=O)CC. The molecule has 5 heteroatoms. The summed E-state index contributed by atoms with van der Waals surface area (Å²) in [5.41, 5.74) is 0.960. The van der Waals surface area contributed by atoms with Crippen molar-refractivity contribution in [2.24, 2.45) is 0 Å². The monoisotopic (exact) mass is 338 g/mol. The van der Waals surface area contributed by atoms with Crippen LogP contribution in [0.3, 0.4) is 0 Å². The molecule has 0 aliphatic heterocycles. The molecular weight excluding hydrogens is 312 g/mol. The molecule has 128 valence electrons. The highest BCUT2D eigenvalue weighted by Gasteiger charge is 2.24. The second kappa shape index (κ2) is 10.3. The Hall–Kier alpha value is -1.55. The van der Waals surface area contributed by atoms with Gasteiger partial charge in [-0.3, -0.25) is 9.59 Å². The summed E-state index contributed by atoms with van der Waals surface area (Å²) in [4.78, 5) is 26.1. The highest BCUT2D eigenvalue weighted by Crippen LogP contribution is 2.14. The Morgan fingerprint density at radius 1 is 1.17 bits per heavy atom. The van der Waals surface area contributed by atoms with Gasteiger partial charge in [0.2, 0.25) is 11.8 Å². The number of hydrogen-bond acceptors (Lipinski definition) is 2. The predicted molar refractivity (Wildman–Crippen MR) is 94.3 cm³/mol. The van der Waals surface area contributed by atoms with Crippen LogP contribution >= 0.6 is 11.6 Å². The quantitative estimate of drug-likeness (QED) is 0.697. The van der Waals surface area contributed by atoms with E-state index in [0.717, 1.165) is 24.8 Å².